The van der Waals surface area contributed by atoms with Crippen LogP contribution in [0, 0.1) is 5.82 Å². The minimum absolute atomic E-state index is 0.0654. The standard InChI is InChI=1S/C21H21FN4O2/c22-17-5-3-4-16(14-17)21(28)25-12-10-24(11-13-25)20(27)8-9-26-15-23-18-6-1-2-7-19(18)26/h1-7,14-15H,8-13H2. The van der Waals surface area contributed by atoms with Crippen LogP contribution >= 0.6 is 0 Å². The van der Waals surface area contributed by atoms with Gasteiger partial charge in [-0.3, -0.25) is 9.59 Å². The Kier molecular flexibility index (Phi) is 5.06. The van der Waals surface area contributed by atoms with Crippen molar-refractivity contribution in [3.05, 3.63) is 66.2 Å². The molecule has 1 aliphatic rings. The largest absolute Gasteiger partial charge is 0.339 e. The number of carbonyl (C=O) groups excluding carboxylic acids is 2. The topological polar surface area (TPSA) is 58.4 Å². The molecule has 2 heterocycles. The van der Waals surface area contributed by atoms with Crippen molar-refractivity contribution in [1.29, 1.82) is 0 Å². The van der Waals surface area contributed by atoms with Gasteiger partial charge in [0.2, 0.25) is 5.91 Å². The van der Waals surface area contributed by atoms with Crippen LogP contribution in [-0.4, -0.2) is 57.3 Å². The molecule has 2 amide bonds. The molecule has 4 rings (SSSR count). The number of fused-ring (bicyclic) bond motifs is 1. The van der Waals surface area contributed by atoms with Crippen molar-refractivity contribution in [3.63, 3.8) is 0 Å². The van der Waals surface area contributed by atoms with Gasteiger partial charge in [0.1, 0.15) is 5.82 Å². The first-order valence-electron chi connectivity index (χ1n) is 9.34. The average Bonchev–Trinajstić information content (AvgIpc) is 3.15. The van der Waals surface area contributed by atoms with E-state index in [1.807, 2.05) is 28.8 Å². The molecule has 0 bridgehead atoms. The molecule has 1 aromatic heterocycles. The van der Waals surface area contributed by atoms with Crippen molar-refractivity contribution in [2.75, 3.05) is 26.2 Å². The third-order valence-corrected chi connectivity index (χ3v) is 5.09. The number of imidazole rings is 1. The molecule has 0 radical (unpaired) electrons. The number of hydrogen-bond donors (Lipinski definition) is 0. The van der Waals surface area contributed by atoms with Crippen LogP contribution in [-0.2, 0) is 11.3 Å². The summed E-state index contributed by atoms with van der Waals surface area (Å²) < 4.78 is 15.3. The molecule has 1 saturated heterocycles. The summed E-state index contributed by atoms with van der Waals surface area (Å²) in [5, 5.41) is 0. The van der Waals surface area contributed by atoms with Gasteiger partial charge in [-0.15, -0.1) is 0 Å². The first-order chi connectivity index (χ1) is 13.6. The summed E-state index contributed by atoms with van der Waals surface area (Å²) in [7, 11) is 0. The van der Waals surface area contributed by atoms with Gasteiger partial charge >= 0.3 is 0 Å². The first-order valence-corrected chi connectivity index (χ1v) is 9.34. The molecule has 28 heavy (non-hydrogen) atoms. The van der Waals surface area contributed by atoms with Gasteiger partial charge in [-0.25, -0.2) is 9.37 Å². The van der Waals surface area contributed by atoms with E-state index in [4.69, 9.17) is 0 Å². The van der Waals surface area contributed by atoms with Gasteiger partial charge < -0.3 is 14.4 Å². The highest BCUT2D eigenvalue weighted by molar-refractivity contribution is 5.94. The fourth-order valence-corrected chi connectivity index (χ4v) is 3.53. The third kappa shape index (κ3) is 3.74. The van der Waals surface area contributed by atoms with E-state index in [2.05, 4.69) is 4.98 Å². The Morgan fingerprint density at radius 1 is 0.964 bits per heavy atom. The molecule has 0 saturated carbocycles. The van der Waals surface area contributed by atoms with Crippen molar-refractivity contribution in [3.8, 4) is 0 Å². The maximum atomic E-state index is 13.3. The smallest absolute Gasteiger partial charge is 0.254 e. The van der Waals surface area contributed by atoms with Crippen molar-refractivity contribution in [2.24, 2.45) is 0 Å². The molecule has 2 aromatic carbocycles. The molecule has 3 aromatic rings. The van der Waals surface area contributed by atoms with Gasteiger partial charge in [0.25, 0.3) is 5.91 Å². The van der Waals surface area contributed by atoms with Gasteiger partial charge in [0.05, 0.1) is 17.4 Å². The number of rotatable bonds is 4. The molecule has 0 unspecified atom stereocenters. The normalized spacial score (nSPS) is 14.5. The SMILES string of the molecule is O=C(CCn1cnc2ccccc21)N1CCN(C(=O)c2cccc(F)c2)CC1. The number of halogens is 1. The Hall–Kier alpha value is -3.22. The van der Waals surface area contributed by atoms with Crippen molar-refractivity contribution >= 4 is 22.8 Å². The Morgan fingerprint density at radius 3 is 2.50 bits per heavy atom. The number of hydrogen-bond acceptors (Lipinski definition) is 3. The predicted octanol–water partition coefficient (Wildman–Crippen LogP) is 2.55. The number of amides is 2. The maximum Gasteiger partial charge on any atom is 0.254 e. The highest BCUT2D eigenvalue weighted by atomic mass is 19.1. The summed E-state index contributed by atoms with van der Waals surface area (Å²) in [6.45, 7) is 2.46. The monoisotopic (exact) mass is 380 g/mol. The second-order valence-electron chi connectivity index (χ2n) is 6.86. The van der Waals surface area contributed by atoms with Crippen LogP contribution in [0.15, 0.2) is 54.9 Å². The second-order valence-corrected chi connectivity index (χ2v) is 6.86. The van der Waals surface area contributed by atoms with Crippen LogP contribution < -0.4 is 0 Å². The molecule has 7 heteroatoms. The summed E-state index contributed by atoms with van der Waals surface area (Å²) in [6.07, 6.45) is 2.14. The zero-order chi connectivity index (χ0) is 19.5. The van der Waals surface area contributed by atoms with E-state index >= 15 is 0 Å². The van der Waals surface area contributed by atoms with Gasteiger partial charge in [-0.2, -0.15) is 0 Å². The number of piperazine rings is 1. The molecular weight excluding hydrogens is 359 g/mol. The molecular formula is C21H21FN4O2. The van der Waals surface area contributed by atoms with E-state index in [0.717, 1.165) is 11.0 Å². The molecule has 144 valence electrons. The van der Waals surface area contributed by atoms with Gasteiger partial charge in [-0.1, -0.05) is 18.2 Å². The quantitative estimate of drug-likeness (QED) is 0.699. The maximum absolute atomic E-state index is 13.3. The summed E-state index contributed by atoms with van der Waals surface area (Å²) in [5.41, 5.74) is 2.27. The Balaban J connectivity index is 1.31. The lowest BCUT2D eigenvalue weighted by Gasteiger charge is -2.35. The van der Waals surface area contributed by atoms with E-state index in [9.17, 15) is 14.0 Å². The van der Waals surface area contributed by atoms with E-state index in [1.165, 1.54) is 18.2 Å². The molecule has 1 fully saturated rings. The fourth-order valence-electron chi connectivity index (χ4n) is 3.53. The molecule has 0 aliphatic carbocycles. The zero-order valence-corrected chi connectivity index (χ0v) is 15.4. The van der Waals surface area contributed by atoms with Crippen LogP contribution in [0.3, 0.4) is 0 Å². The van der Waals surface area contributed by atoms with Crippen LogP contribution in [0.2, 0.25) is 0 Å². The average molecular weight is 380 g/mol. The number of aryl methyl sites for hydroxylation is 1. The van der Waals surface area contributed by atoms with E-state index in [-0.39, 0.29) is 11.8 Å². The summed E-state index contributed by atoms with van der Waals surface area (Å²) in [4.78, 5) is 32.8. The van der Waals surface area contributed by atoms with E-state index in [0.29, 0.717) is 44.7 Å². The Labute approximate surface area is 162 Å². The number of nitrogens with zero attached hydrogens (tertiary/aromatic N) is 4. The molecule has 6 nitrogen and oxygen atoms in total. The molecule has 0 atom stereocenters. The highest BCUT2D eigenvalue weighted by Gasteiger charge is 2.24. The highest BCUT2D eigenvalue weighted by Crippen LogP contribution is 2.14. The Bertz CT molecular complexity index is 1010. The van der Waals surface area contributed by atoms with Crippen LogP contribution in [0.25, 0.3) is 11.0 Å². The van der Waals surface area contributed by atoms with Crippen molar-refractivity contribution in [1.82, 2.24) is 19.4 Å². The van der Waals surface area contributed by atoms with Gasteiger partial charge in [0.15, 0.2) is 0 Å². The second kappa shape index (κ2) is 7.80. The molecule has 1 aliphatic heterocycles. The number of benzene rings is 2. The summed E-state index contributed by atoms with van der Waals surface area (Å²) in [5.74, 6) is -0.557. The van der Waals surface area contributed by atoms with Crippen molar-refractivity contribution in [2.45, 2.75) is 13.0 Å². The minimum Gasteiger partial charge on any atom is -0.339 e. The number of para-hydroxylation sites is 2. The minimum atomic E-state index is -0.424. The van der Waals surface area contributed by atoms with E-state index < -0.39 is 5.82 Å². The zero-order valence-electron chi connectivity index (χ0n) is 15.4. The summed E-state index contributed by atoms with van der Waals surface area (Å²) >= 11 is 0. The van der Waals surface area contributed by atoms with Crippen LogP contribution in [0.5, 0.6) is 0 Å². The van der Waals surface area contributed by atoms with Gasteiger partial charge in [0, 0.05) is 44.7 Å². The lowest BCUT2D eigenvalue weighted by atomic mass is 10.1. The Morgan fingerprint density at radius 2 is 1.71 bits per heavy atom. The van der Waals surface area contributed by atoms with Crippen LogP contribution in [0.1, 0.15) is 16.8 Å². The number of aromatic nitrogens is 2. The lowest BCUT2D eigenvalue weighted by molar-refractivity contribution is -0.132. The molecule has 0 spiro atoms. The van der Waals surface area contributed by atoms with Gasteiger partial charge in [-0.05, 0) is 30.3 Å². The molecule has 0 N–H and O–H groups in total. The third-order valence-electron chi connectivity index (χ3n) is 5.09. The first kappa shape index (κ1) is 18.2. The predicted molar refractivity (Wildman–Crippen MR) is 103 cm³/mol. The lowest BCUT2D eigenvalue weighted by Crippen LogP contribution is -2.50. The van der Waals surface area contributed by atoms with E-state index in [1.54, 1.807) is 22.2 Å². The van der Waals surface area contributed by atoms with Crippen LogP contribution in [0.4, 0.5) is 4.39 Å². The number of carbonyl (C=O) groups is 2. The summed E-state index contributed by atoms with van der Waals surface area (Å²) in [6, 6.07) is 13.5. The fraction of sp³-hybridized carbons (Fsp3) is 0.286. The van der Waals surface area contributed by atoms with Crippen molar-refractivity contribution < 1.29 is 14.0 Å².